The third-order valence-electron chi connectivity index (χ3n) is 2.24. The molecule has 18 heavy (non-hydrogen) atoms. The number of hydrogen-bond acceptors (Lipinski definition) is 6. The number of thioether (sulfide) groups is 1. The van der Waals surface area contributed by atoms with Crippen LogP contribution in [0.25, 0.3) is 0 Å². The summed E-state index contributed by atoms with van der Waals surface area (Å²) in [6.45, 7) is 0. The van der Waals surface area contributed by atoms with Crippen LogP contribution < -0.4 is 113 Å². The summed E-state index contributed by atoms with van der Waals surface area (Å²) in [6.07, 6.45) is 0. The van der Waals surface area contributed by atoms with Crippen LogP contribution in [0.2, 0.25) is 0 Å². The molecule has 1 fully saturated rings. The first-order chi connectivity index (χ1) is 7.52. The number of rotatable bonds is 3. The van der Waals surface area contributed by atoms with Crippen molar-refractivity contribution in [1.82, 2.24) is 9.55 Å². The molecule has 6 nitrogen and oxygen atoms in total. The fraction of sp³-hybridized carbons (Fsp3) is 0.375. The molecule has 1 aromatic rings. The quantitative estimate of drug-likeness (QED) is 0.481. The van der Waals surface area contributed by atoms with Gasteiger partial charge in [-0.15, -0.1) is 0 Å². The normalized spacial score (nSPS) is 14.1. The van der Waals surface area contributed by atoms with Crippen LogP contribution in [-0.4, -0.2) is 33.0 Å². The van der Waals surface area contributed by atoms with Crippen molar-refractivity contribution in [3.8, 4) is 0 Å². The maximum absolute atomic E-state index is 10.9. The van der Waals surface area contributed by atoms with E-state index in [0.29, 0.717) is 0 Å². The van der Waals surface area contributed by atoms with Crippen LogP contribution in [0, 0.1) is 0 Å². The van der Waals surface area contributed by atoms with Gasteiger partial charge in [-0.1, -0.05) is 0 Å². The molecular weight excluding hydrogens is 378 g/mol. The molecule has 10 heteroatoms. The minimum atomic E-state index is -1.62. The molecule has 0 radical (unpaired) electrons. The number of carboxylic acids is 2. The first-order valence-corrected chi connectivity index (χ1v) is 6.25. The molecule has 1 aliphatic rings. The molecule has 1 aliphatic heterocycles. The second kappa shape index (κ2) is 8.64. The van der Waals surface area contributed by atoms with Crippen LogP contribution in [0.15, 0.2) is 4.73 Å². The maximum atomic E-state index is 10.9. The number of carboxylic acid groups (broad SMARTS) is 2. The summed E-state index contributed by atoms with van der Waals surface area (Å²) in [4.78, 5) is 25.3. The van der Waals surface area contributed by atoms with Gasteiger partial charge in [0.25, 0.3) is 0 Å². The molecule has 0 aliphatic carbocycles. The van der Waals surface area contributed by atoms with Gasteiger partial charge in [-0.25, -0.2) is 4.98 Å². The second-order valence-electron chi connectivity index (χ2n) is 3.21. The number of aromatic carboxylic acids is 2. The predicted octanol–water partition coefficient (Wildman–Crippen LogP) is -7.33. The Hall–Kier alpha value is 2.25. The van der Waals surface area contributed by atoms with E-state index < -0.39 is 23.3 Å². The minimum absolute atomic E-state index is 0. The van der Waals surface area contributed by atoms with Crippen LogP contribution in [0.4, 0.5) is 0 Å². The monoisotopic (exact) mass is 382 g/mol. The van der Waals surface area contributed by atoms with E-state index in [1.165, 1.54) is 4.57 Å². The Balaban J connectivity index is 0.00000144. The average molecular weight is 383 g/mol. The van der Waals surface area contributed by atoms with Crippen molar-refractivity contribution < 1.29 is 123 Å². The Morgan fingerprint density at radius 2 is 1.83 bits per heavy atom. The van der Waals surface area contributed by atoms with Gasteiger partial charge in [-0.3, -0.25) is 0 Å². The summed E-state index contributed by atoms with van der Waals surface area (Å²) >= 11 is 4.68. The summed E-state index contributed by atoms with van der Waals surface area (Å²) < 4.78 is 1.51. The fourth-order valence-corrected chi connectivity index (χ4v) is 2.84. The molecule has 0 N–H and O–H groups in total. The van der Waals surface area contributed by atoms with Gasteiger partial charge >= 0.3 is 103 Å². The Kier molecular flexibility index (Phi) is 9.72. The van der Waals surface area contributed by atoms with Crippen molar-refractivity contribution >= 4 is 39.6 Å². The molecule has 2 heterocycles. The van der Waals surface area contributed by atoms with E-state index in [0.717, 1.165) is 11.5 Å². The summed E-state index contributed by atoms with van der Waals surface area (Å²) in [7, 11) is 0. The Bertz CT molecular complexity index is 478. The first-order valence-electron chi connectivity index (χ1n) is 4.30. The van der Waals surface area contributed by atoms with E-state index in [4.69, 9.17) is 0 Å². The smallest absolute Gasteiger partial charge is 0.543 e. The zero-order valence-corrected chi connectivity index (χ0v) is 18.5. The Morgan fingerprint density at radius 3 is 2.17 bits per heavy atom. The van der Waals surface area contributed by atoms with E-state index in [9.17, 15) is 19.8 Å². The Morgan fingerprint density at radius 1 is 1.28 bits per heavy atom. The van der Waals surface area contributed by atoms with Crippen molar-refractivity contribution in [3.05, 3.63) is 16.1 Å². The molecule has 0 atom stereocenters. The van der Waals surface area contributed by atoms with Gasteiger partial charge < -0.3 is 24.4 Å². The Labute approximate surface area is 201 Å². The number of imidazole rings is 1. The number of hydrogen-bond donors (Lipinski definition) is 0. The van der Waals surface area contributed by atoms with Gasteiger partial charge in [-0.05, 0) is 15.9 Å². The standard InChI is InChI=1S/C8H7BrN2O4S.2K/c9-8-10-4(6(12)13)5(7(14)15)11(8)3-1-16-2-3;;/h3H,1-2H2,(H,12,13)(H,14,15);;/q;2*+1/p-2. The number of carbonyl (C=O) groups excluding carboxylic acids is 2. The van der Waals surface area contributed by atoms with Crippen molar-refractivity contribution in [3.63, 3.8) is 0 Å². The van der Waals surface area contributed by atoms with Gasteiger partial charge in [-0.2, -0.15) is 11.8 Å². The summed E-state index contributed by atoms with van der Waals surface area (Å²) in [5.41, 5.74) is -1.03. The van der Waals surface area contributed by atoms with Crippen LogP contribution in [0.1, 0.15) is 27.0 Å². The number of nitrogens with zero attached hydrogens (tertiary/aromatic N) is 2. The van der Waals surface area contributed by atoms with E-state index in [2.05, 4.69) is 20.9 Å². The van der Waals surface area contributed by atoms with Gasteiger partial charge in [0.05, 0.1) is 23.7 Å². The SMILES string of the molecule is O=C([O-])c1nc(Br)n(C2CSC2)c1C(=O)[O-].[K+].[K+]. The van der Waals surface area contributed by atoms with Crippen LogP contribution >= 0.6 is 27.7 Å². The summed E-state index contributed by atoms with van der Waals surface area (Å²) in [5, 5.41) is 21.6. The fourth-order valence-electron chi connectivity index (χ4n) is 1.45. The number of carbonyl (C=O) groups is 2. The largest absolute Gasteiger partial charge is 1.00 e. The zero-order valence-electron chi connectivity index (χ0n) is 9.81. The third kappa shape index (κ3) is 4.13. The maximum Gasteiger partial charge on any atom is 1.00 e. The minimum Gasteiger partial charge on any atom is -0.543 e. The summed E-state index contributed by atoms with van der Waals surface area (Å²) in [5.74, 6) is -1.73. The van der Waals surface area contributed by atoms with Crippen molar-refractivity contribution in [2.45, 2.75) is 6.04 Å². The zero-order chi connectivity index (χ0) is 11.9. The van der Waals surface area contributed by atoms with Gasteiger partial charge in [0.1, 0.15) is 5.69 Å². The predicted molar refractivity (Wildman–Crippen MR) is 55.0 cm³/mol. The van der Waals surface area contributed by atoms with Gasteiger partial charge in [0.15, 0.2) is 4.73 Å². The van der Waals surface area contributed by atoms with E-state index in [1.807, 2.05) is 0 Å². The molecule has 1 aromatic heterocycles. The molecule has 0 amide bonds. The van der Waals surface area contributed by atoms with Gasteiger partial charge in [0, 0.05) is 11.5 Å². The van der Waals surface area contributed by atoms with Crippen LogP contribution in [0.3, 0.4) is 0 Å². The number of halogens is 1. The second-order valence-corrected chi connectivity index (χ2v) is 5.00. The molecule has 0 bridgehead atoms. The van der Waals surface area contributed by atoms with Gasteiger partial charge in [0.2, 0.25) is 0 Å². The van der Waals surface area contributed by atoms with Crippen molar-refractivity contribution in [1.29, 1.82) is 0 Å². The first kappa shape index (κ1) is 20.3. The van der Waals surface area contributed by atoms with E-state index >= 15 is 0 Å². The topological polar surface area (TPSA) is 98.1 Å². The molecule has 1 saturated heterocycles. The molecule has 0 saturated carbocycles. The van der Waals surface area contributed by atoms with E-state index in [-0.39, 0.29) is 114 Å². The molecule has 2 rings (SSSR count). The van der Waals surface area contributed by atoms with E-state index in [1.54, 1.807) is 11.8 Å². The average Bonchev–Trinajstić information content (AvgIpc) is 2.41. The number of aromatic nitrogens is 2. The molecule has 86 valence electrons. The molecule has 0 spiro atoms. The van der Waals surface area contributed by atoms with Crippen molar-refractivity contribution in [2.75, 3.05) is 11.5 Å². The van der Waals surface area contributed by atoms with Crippen LogP contribution in [0.5, 0.6) is 0 Å². The van der Waals surface area contributed by atoms with Crippen LogP contribution in [-0.2, 0) is 0 Å². The summed E-state index contributed by atoms with van der Waals surface area (Å²) in [6, 6.07) is -0.0622. The molecular formula is C8H5BrK2N2O4S. The van der Waals surface area contributed by atoms with Crippen molar-refractivity contribution in [2.24, 2.45) is 0 Å². The molecule has 0 aromatic carbocycles. The third-order valence-corrected chi connectivity index (χ3v) is 4.04. The molecule has 0 unspecified atom stereocenters.